The molecule has 3 heterocycles. The Morgan fingerprint density at radius 1 is 1.22 bits per heavy atom. The Kier molecular flexibility index (Phi) is 5.33. The first kappa shape index (κ1) is 18.3. The monoisotopic (exact) mass is 383 g/mol. The molecule has 0 spiro atoms. The molecule has 0 aromatic heterocycles. The summed E-state index contributed by atoms with van der Waals surface area (Å²) in [4.78, 5) is 19.6. The van der Waals surface area contributed by atoms with E-state index in [1.54, 1.807) is 13.2 Å². The number of allylic oxidation sites excluding steroid dienone is 1. The summed E-state index contributed by atoms with van der Waals surface area (Å²) in [5.74, 6) is 0.996. The van der Waals surface area contributed by atoms with Crippen LogP contribution in [0.4, 0.5) is 0 Å². The highest BCUT2D eigenvalue weighted by molar-refractivity contribution is 7.51. The number of fused-ring (bicyclic) bond motifs is 1. The lowest BCUT2D eigenvalue weighted by molar-refractivity contribution is -0.123. The van der Waals surface area contributed by atoms with E-state index in [2.05, 4.69) is 28.9 Å². The van der Waals surface area contributed by atoms with E-state index in [9.17, 15) is 4.79 Å². The van der Waals surface area contributed by atoms with Gasteiger partial charge in [0.25, 0.3) is 5.91 Å². The zero-order valence-electron chi connectivity index (χ0n) is 15.9. The van der Waals surface area contributed by atoms with Gasteiger partial charge in [-0.05, 0) is 35.6 Å². The van der Waals surface area contributed by atoms with Gasteiger partial charge < -0.3 is 19.4 Å². The lowest BCUT2D eigenvalue weighted by Crippen LogP contribution is -2.46. The highest BCUT2D eigenvalue weighted by Crippen LogP contribution is 2.45. The van der Waals surface area contributed by atoms with Crippen molar-refractivity contribution in [2.45, 2.75) is 12.7 Å². The molecule has 142 valence electrons. The van der Waals surface area contributed by atoms with E-state index in [0.717, 1.165) is 55.0 Å². The number of rotatable bonds is 4. The molecule has 1 aromatic carbocycles. The molecular formula is C21H26N3O2P. The highest BCUT2D eigenvalue weighted by Gasteiger charge is 2.30. The summed E-state index contributed by atoms with van der Waals surface area (Å²) in [6, 6.07) is 7.95. The molecule has 27 heavy (non-hydrogen) atoms. The smallest absolute Gasteiger partial charge is 0.252 e. The second-order valence-corrected chi connectivity index (χ2v) is 8.38. The van der Waals surface area contributed by atoms with E-state index in [1.807, 2.05) is 35.4 Å². The molecule has 1 amide bonds. The van der Waals surface area contributed by atoms with Crippen molar-refractivity contribution in [3.8, 4) is 5.75 Å². The Balaban J connectivity index is 1.51. The van der Waals surface area contributed by atoms with Gasteiger partial charge in [0.15, 0.2) is 0 Å². The van der Waals surface area contributed by atoms with Crippen LogP contribution < -0.4 is 4.74 Å². The van der Waals surface area contributed by atoms with Gasteiger partial charge in [-0.1, -0.05) is 33.7 Å². The van der Waals surface area contributed by atoms with Crippen molar-refractivity contribution < 1.29 is 9.53 Å². The van der Waals surface area contributed by atoms with Crippen molar-refractivity contribution in [2.24, 2.45) is 0 Å². The molecule has 3 aliphatic rings. The second-order valence-electron chi connectivity index (χ2n) is 6.96. The maximum absolute atomic E-state index is 12.8. The molecule has 2 unspecified atom stereocenters. The molecular weight excluding hydrogens is 357 g/mol. The van der Waals surface area contributed by atoms with Gasteiger partial charge >= 0.3 is 0 Å². The lowest BCUT2D eigenvalue weighted by Gasteiger charge is -2.40. The maximum Gasteiger partial charge on any atom is 0.252 e. The standard InChI is InChI=1S/C21H26N3O2P/c1-3-22-9-11-23(12-10-22)17-7-8-21-24(15-17)20(25)14-19(27-21)16-5-4-6-18(13-16)26-2/h4-8,13-15,21,27H,3,9-12H2,1-2H3. The van der Waals surface area contributed by atoms with E-state index in [-0.39, 0.29) is 11.7 Å². The van der Waals surface area contributed by atoms with Gasteiger partial charge in [0, 0.05) is 38.5 Å². The number of carbonyl (C=O) groups excluding carboxylic acids is 1. The van der Waals surface area contributed by atoms with Crippen molar-refractivity contribution in [2.75, 3.05) is 39.8 Å². The first-order chi connectivity index (χ1) is 13.2. The van der Waals surface area contributed by atoms with Crippen LogP contribution in [0.15, 0.2) is 54.4 Å². The zero-order valence-corrected chi connectivity index (χ0v) is 16.9. The topological polar surface area (TPSA) is 36.0 Å². The molecule has 0 radical (unpaired) electrons. The second kappa shape index (κ2) is 7.87. The summed E-state index contributed by atoms with van der Waals surface area (Å²) in [7, 11) is 2.20. The van der Waals surface area contributed by atoms with Gasteiger partial charge in [0.1, 0.15) is 5.75 Å². The molecule has 0 bridgehead atoms. The molecule has 0 saturated carbocycles. The number of benzene rings is 1. The molecule has 3 aliphatic heterocycles. The molecule has 0 N–H and O–H groups in total. The third kappa shape index (κ3) is 3.80. The Bertz CT molecular complexity index is 809. The number of piperazine rings is 1. The third-order valence-corrected chi connectivity index (χ3v) is 6.92. The summed E-state index contributed by atoms with van der Waals surface area (Å²) in [6.45, 7) is 7.52. The average Bonchev–Trinajstić information content (AvgIpc) is 2.73. The SMILES string of the molecule is CCN1CCN(C2=CN3C(=O)C=C(c4cccc(OC)c4)PC3C=C2)CC1. The minimum Gasteiger partial charge on any atom is -0.497 e. The van der Waals surface area contributed by atoms with E-state index in [4.69, 9.17) is 4.74 Å². The number of hydrogen-bond acceptors (Lipinski definition) is 4. The summed E-state index contributed by atoms with van der Waals surface area (Å²) < 4.78 is 5.32. The van der Waals surface area contributed by atoms with Gasteiger partial charge in [0.2, 0.25) is 0 Å². The summed E-state index contributed by atoms with van der Waals surface area (Å²) in [5, 5.41) is 1.10. The van der Waals surface area contributed by atoms with Crippen LogP contribution in [-0.4, -0.2) is 66.2 Å². The molecule has 0 aliphatic carbocycles. The van der Waals surface area contributed by atoms with Crippen LogP contribution in [0.3, 0.4) is 0 Å². The molecule has 4 rings (SSSR count). The summed E-state index contributed by atoms with van der Waals surface area (Å²) in [5.41, 5.74) is 2.22. The minimum absolute atomic E-state index is 0.0608. The van der Waals surface area contributed by atoms with Crippen LogP contribution >= 0.6 is 8.58 Å². The fourth-order valence-corrected chi connectivity index (χ4v) is 5.11. The average molecular weight is 383 g/mol. The van der Waals surface area contributed by atoms with Gasteiger partial charge in [-0.25, -0.2) is 0 Å². The Morgan fingerprint density at radius 3 is 2.78 bits per heavy atom. The largest absolute Gasteiger partial charge is 0.497 e. The lowest BCUT2D eigenvalue weighted by atomic mass is 10.1. The fraction of sp³-hybridized carbons (Fsp3) is 0.381. The highest BCUT2D eigenvalue weighted by atomic mass is 31.1. The first-order valence-electron chi connectivity index (χ1n) is 9.50. The third-order valence-electron chi connectivity index (χ3n) is 5.41. The molecule has 6 heteroatoms. The molecule has 1 saturated heterocycles. The molecule has 2 atom stereocenters. The quantitative estimate of drug-likeness (QED) is 0.749. The number of hydrogen-bond donors (Lipinski definition) is 0. The Morgan fingerprint density at radius 2 is 2.04 bits per heavy atom. The number of methoxy groups -OCH3 is 1. The van der Waals surface area contributed by atoms with Crippen molar-refractivity contribution in [1.29, 1.82) is 0 Å². The number of ether oxygens (including phenoxy) is 1. The maximum atomic E-state index is 12.8. The van der Waals surface area contributed by atoms with E-state index in [1.165, 1.54) is 0 Å². The van der Waals surface area contributed by atoms with E-state index >= 15 is 0 Å². The predicted molar refractivity (Wildman–Crippen MR) is 111 cm³/mol. The van der Waals surface area contributed by atoms with Crippen LogP contribution in [0.5, 0.6) is 5.75 Å². The van der Waals surface area contributed by atoms with Crippen molar-refractivity contribution >= 4 is 19.8 Å². The number of nitrogens with zero attached hydrogens (tertiary/aromatic N) is 3. The van der Waals surface area contributed by atoms with Gasteiger partial charge in [-0.15, -0.1) is 0 Å². The molecule has 1 aromatic rings. The Labute approximate surface area is 162 Å². The van der Waals surface area contributed by atoms with E-state index < -0.39 is 0 Å². The first-order valence-corrected chi connectivity index (χ1v) is 10.6. The van der Waals surface area contributed by atoms with Crippen LogP contribution in [0, 0.1) is 0 Å². The normalized spacial score (nSPS) is 23.9. The summed E-state index contributed by atoms with van der Waals surface area (Å²) in [6.07, 6.45) is 8.20. The van der Waals surface area contributed by atoms with Crippen molar-refractivity contribution in [3.63, 3.8) is 0 Å². The predicted octanol–water partition coefficient (Wildman–Crippen LogP) is 2.93. The zero-order chi connectivity index (χ0) is 18.8. The van der Waals surface area contributed by atoms with Crippen molar-refractivity contribution in [3.05, 3.63) is 60.0 Å². The van der Waals surface area contributed by atoms with Gasteiger partial charge in [-0.2, -0.15) is 0 Å². The van der Waals surface area contributed by atoms with Gasteiger partial charge in [0.05, 0.1) is 18.6 Å². The number of amides is 1. The number of carbonyl (C=O) groups is 1. The Hall–Kier alpha value is -2.10. The minimum atomic E-state index is 0.0608. The summed E-state index contributed by atoms with van der Waals surface area (Å²) >= 11 is 0. The van der Waals surface area contributed by atoms with Crippen LogP contribution in [0.1, 0.15) is 12.5 Å². The van der Waals surface area contributed by atoms with Gasteiger partial charge in [-0.3, -0.25) is 4.79 Å². The van der Waals surface area contributed by atoms with Crippen LogP contribution in [0.25, 0.3) is 5.31 Å². The van der Waals surface area contributed by atoms with Crippen LogP contribution in [0.2, 0.25) is 0 Å². The number of likely N-dealkylation sites (N-methyl/N-ethyl adjacent to an activating group) is 1. The molecule has 5 nitrogen and oxygen atoms in total. The molecule has 1 fully saturated rings. The van der Waals surface area contributed by atoms with Crippen molar-refractivity contribution in [1.82, 2.24) is 14.7 Å². The fourth-order valence-electron chi connectivity index (χ4n) is 3.73. The van der Waals surface area contributed by atoms with Crippen LogP contribution in [-0.2, 0) is 4.79 Å². The van der Waals surface area contributed by atoms with E-state index in [0.29, 0.717) is 8.58 Å².